The molecule has 9 heteroatoms. The lowest BCUT2D eigenvalue weighted by atomic mass is 9.85. The van der Waals surface area contributed by atoms with Gasteiger partial charge in [-0.2, -0.15) is 0 Å². The van der Waals surface area contributed by atoms with Gasteiger partial charge in [0.2, 0.25) is 0 Å². The molecule has 0 aliphatic rings. The largest absolute Gasteiger partial charge is 0.481 e. The van der Waals surface area contributed by atoms with Gasteiger partial charge in [-0.1, -0.05) is 20.8 Å². The van der Waals surface area contributed by atoms with Gasteiger partial charge in [-0.25, -0.2) is 13.5 Å². The zero-order valence-electron chi connectivity index (χ0n) is 12.3. The average molecular weight is 306 g/mol. The SMILES string of the molecule is CC(C)(C)C(CC(=O)O)n1nnnc1CCOCC(F)F. The van der Waals surface area contributed by atoms with Crippen LogP contribution in [0.15, 0.2) is 0 Å². The summed E-state index contributed by atoms with van der Waals surface area (Å²) in [6, 6.07) is -0.435. The fraction of sp³-hybridized carbons (Fsp3) is 0.833. The molecule has 1 atom stereocenters. The van der Waals surface area contributed by atoms with Crippen molar-refractivity contribution in [2.75, 3.05) is 13.2 Å². The quantitative estimate of drug-likeness (QED) is 0.733. The lowest BCUT2D eigenvalue weighted by molar-refractivity contribution is -0.138. The summed E-state index contributed by atoms with van der Waals surface area (Å²) < 4.78 is 30.2. The van der Waals surface area contributed by atoms with Crippen LogP contribution in [0, 0.1) is 5.41 Å². The summed E-state index contributed by atoms with van der Waals surface area (Å²) in [5.41, 5.74) is -0.369. The summed E-state index contributed by atoms with van der Waals surface area (Å²) in [5.74, 6) is -0.532. The Morgan fingerprint density at radius 3 is 2.62 bits per heavy atom. The molecule has 0 amide bonds. The van der Waals surface area contributed by atoms with E-state index < -0.39 is 25.0 Å². The van der Waals surface area contributed by atoms with Gasteiger partial charge in [0, 0.05) is 6.42 Å². The second kappa shape index (κ2) is 7.39. The van der Waals surface area contributed by atoms with Crippen LogP contribution in [-0.4, -0.2) is 50.9 Å². The van der Waals surface area contributed by atoms with E-state index >= 15 is 0 Å². The van der Waals surface area contributed by atoms with Crippen molar-refractivity contribution in [1.29, 1.82) is 0 Å². The molecule has 0 fully saturated rings. The zero-order valence-corrected chi connectivity index (χ0v) is 12.3. The molecule has 1 aromatic heterocycles. The molecule has 0 aromatic carbocycles. The number of alkyl halides is 2. The predicted octanol–water partition coefficient (Wildman–Crippen LogP) is 1.56. The lowest BCUT2D eigenvalue weighted by Gasteiger charge is -2.29. The Morgan fingerprint density at radius 2 is 2.10 bits per heavy atom. The van der Waals surface area contributed by atoms with Gasteiger partial charge in [0.1, 0.15) is 6.61 Å². The Morgan fingerprint density at radius 1 is 1.43 bits per heavy atom. The molecule has 1 unspecified atom stereocenters. The van der Waals surface area contributed by atoms with Crippen molar-refractivity contribution in [1.82, 2.24) is 20.2 Å². The molecule has 7 nitrogen and oxygen atoms in total. The Kier molecular flexibility index (Phi) is 6.13. The molecule has 0 aliphatic heterocycles. The maximum Gasteiger partial charge on any atom is 0.305 e. The first-order valence-electron chi connectivity index (χ1n) is 6.56. The zero-order chi connectivity index (χ0) is 16.0. The Hall–Kier alpha value is -1.64. The highest BCUT2D eigenvalue weighted by Crippen LogP contribution is 2.33. The molecule has 0 bridgehead atoms. The minimum Gasteiger partial charge on any atom is -0.481 e. The van der Waals surface area contributed by atoms with E-state index in [9.17, 15) is 13.6 Å². The van der Waals surface area contributed by atoms with Crippen LogP contribution in [0.25, 0.3) is 0 Å². The lowest BCUT2D eigenvalue weighted by Crippen LogP contribution is -2.29. The van der Waals surface area contributed by atoms with Crippen LogP contribution >= 0.6 is 0 Å². The summed E-state index contributed by atoms with van der Waals surface area (Å²) in [6.45, 7) is 5.08. The first-order chi connectivity index (χ1) is 9.71. The van der Waals surface area contributed by atoms with Crippen LogP contribution < -0.4 is 0 Å². The van der Waals surface area contributed by atoms with E-state index in [1.165, 1.54) is 4.68 Å². The van der Waals surface area contributed by atoms with Crippen molar-refractivity contribution in [2.45, 2.75) is 46.1 Å². The number of ether oxygens (including phenoxy) is 1. The van der Waals surface area contributed by atoms with Crippen molar-refractivity contribution >= 4 is 5.97 Å². The van der Waals surface area contributed by atoms with Gasteiger partial charge in [-0.15, -0.1) is 5.10 Å². The van der Waals surface area contributed by atoms with E-state index in [-0.39, 0.29) is 24.9 Å². The summed E-state index contributed by atoms with van der Waals surface area (Å²) in [4.78, 5) is 11.0. The van der Waals surface area contributed by atoms with Crippen molar-refractivity contribution in [2.24, 2.45) is 5.41 Å². The number of carbonyl (C=O) groups is 1. The number of aromatic nitrogens is 4. The normalized spacial score (nSPS) is 13.6. The number of hydrogen-bond acceptors (Lipinski definition) is 5. The summed E-state index contributed by atoms with van der Waals surface area (Å²) in [5, 5.41) is 20.2. The fourth-order valence-corrected chi connectivity index (χ4v) is 1.88. The van der Waals surface area contributed by atoms with E-state index in [4.69, 9.17) is 9.84 Å². The molecule has 120 valence electrons. The van der Waals surface area contributed by atoms with Gasteiger partial charge >= 0.3 is 5.97 Å². The molecule has 21 heavy (non-hydrogen) atoms. The summed E-state index contributed by atoms with van der Waals surface area (Å²) >= 11 is 0. The van der Waals surface area contributed by atoms with Crippen LogP contribution in [0.4, 0.5) is 8.78 Å². The fourth-order valence-electron chi connectivity index (χ4n) is 1.88. The van der Waals surface area contributed by atoms with Crippen molar-refractivity contribution < 1.29 is 23.4 Å². The number of carboxylic acid groups (broad SMARTS) is 1. The Labute approximate surface area is 121 Å². The Bertz CT molecular complexity index is 460. The van der Waals surface area contributed by atoms with Gasteiger partial charge in [-0.05, 0) is 15.8 Å². The third-order valence-corrected chi connectivity index (χ3v) is 2.94. The summed E-state index contributed by atoms with van der Waals surface area (Å²) in [7, 11) is 0. The third kappa shape index (κ3) is 5.70. The molecular weight excluding hydrogens is 286 g/mol. The third-order valence-electron chi connectivity index (χ3n) is 2.94. The first-order valence-corrected chi connectivity index (χ1v) is 6.56. The van der Waals surface area contributed by atoms with Crippen LogP contribution in [0.2, 0.25) is 0 Å². The molecule has 0 saturated carbocycles. The summed E-state index contributed by atoms with van der Waals surface area (Å²) in [6.07, 6.45) is -2.40. The monoisotopic (exact) mass is 306 g/mol. The first kappa shape index (κ1) is 17.4. The van der Waals surface area contributed by atoms with Crippen LogP contribution in [-0.2, 0) is 16.0 Å². The molecule has 0 saturated heterocycles. The Balaban J connectivity index is 2.77. The van der Waals surface area contributed by atoms with Crippen LogP contribution in [0.1, 0.15) is 39.1 Å². The second-order valence-corrected chi connectivity index (χ2v) is 5.74. The minimum atomic E-state index is -2.52. The van der Waals surface area contributed by atoms with E-state index in [1.54, 1.807) is 0 Å². The number of nitrogens with zero attached hydrogens (tertiary/aromatic N) is 4. The highest BCUT2D eigenvalue weighted by Gasteiger charge is 2.31. The van der Waals surface area contributed by atoms with E-state index in [1.807, 2.05) is 20.8 Å². The van der Waals surface area contributed by atoms with Gasteiger partial charge in [0.15, 0.2) is 5.82 Å². The maximum absolute atomic E-state index is 12.0. The number of aliphatic carboxylic acids is 1. The van der Waals surface area contributed by atoms with Crippen molar-refractivity contribution in [3.63, 3.8) is 0 Å². The number of halogens is 2. The highest BCUT2D eigenvalue weighted by atomic mass is 19.3. The molecule has 0 spiro atoms. The topological polar surface area (TPSA) is 90.1 Å². The van der Waals surface area contributed by atoms with Crippen LogP contribution in [0.5, 0.6) is 0 Å². The number of hydrogen-bond donors (Lipinski definition) is 1. The molecule has 0 radical (unpaired) electrons. The van der Waals surface area contributed by atoms with Gasteiger partial charge in [0.25, 0.3) is 6.43 Å². The van der Waals surface area contributed by atoms with E-state index in [0.717, 1.165) is 0 Å². The average Bonchev–Trinajstić information content (AvgIpc) is 2.77. The van der Waals surface area contributed by atoms with Gasteiger partial charge in [0.05, 0.1) is 19.1 Å². The molecule has 1 heterocycles. The maximum atomic E-state index is 12.0. The van der Waals surface area contributed by atoms with Crippen molar-refractivity contribution in [3.8, 4) is 0 Å². The van der Waals surface area contributed by atoms with Gasteiger partial charge < -0.3 is 9.84 Å². The molecular formula is C12H20F2N4O3. The number of carboxylic acids is 1. The predicted molar refractivity (Wildman–Crippen MR) is 69.1 cm³/mol. The number of rotatable bonds is 8. The molecule has 1 rings (SSSR count). The van der Waals surface area contributed by atoms with Gasteiger partial charge in [-0.3, -0.25) is 4.79 Å². The second-order valence-electron chi connectivity index (χ2n) is 5.74. The van der Waals surface area contributed by atoms with Crippen molar-refractivity contribution in [3.05, 3.63) is 5.82 Å². The molecule has 1 aromatic rings. The van der Waals surface area contributed by atoms with E-state index in [2.05, 4.69) is 15.5 Å². The number of tetrazole rings is 1. The van der Waals surface area contributed by atoms with E-state index in [0.29, 0.717) is 5.82 Å². The molecule has 1 N–H and O–H groups in total. The standard InChI is InChI=1S/C12H20F2N4O3/c1-12(2,3)8(6-11(19)20)18-10(15-16-17-18)4-5-21-7-9(13)14/h8-9H,4-7H2,1-3H3,(H,19,20). The minimum absolute atomic E-state index is 0.0502. The van der Waals surface area contributed by atoms with Crippen LogP contribution in [0.3, 0.4) is 0 Å². The molecule has 0 aliphatic carbocycles. The highest BCUT2D eigenvalue weighted by molar-refractivity contribution is 5.67. The smallest absolute Gasteiger partial charge is 0.305 e.